The van der Waals surface area contributed by atoms with Crippen LogP contribution in [0.5, 0.6) is 0 Å². The molecule has 0 bridgehead atoms. The molecule has 0 aromatic heterocycles. The second-order valence-electron chi connectivity index (χ2n) is 6.55. The molecule has 1 N–H and O–H groups in total. The molecule has 0 saturated carbocycles. The topological polar surface area (TPSA) is 66.5 Å². The number of amides is 1. The van der Waals surface area contributed by atoms with E-state index in [2.05, 4.69) is 11.4 Å². The standard InChI is InChI=1S/C18H23ClN2O3S/c19-16-9-8-15(18(22)20-13-14-6-2-1-3-7-14)12-17(16)25(23,24)21-10-4-5-11-21/h6,8-9,12H,1-5,7,10-11,13H2,(H,20,22). The number of allylic oxidation sites excluding steroid dienone is 1. The fourth-order valence-corrected chi connectivity index (χ4v) is 5.29. The molecule has 1 saturated heterocycles. The Morgan fingerprint density at radius 1 is 1.16 bits per heavy atom. The monoisotopic (exact) mass is 382 g/mol. The zero-order chi connectivity index (χ0) is 17.9. The van der Waals surface area contributed by atoms with Crippen molar-refractivity contribution in [3.8, 4) is 0 Å². The van der Waals surface area contributed by atoms with Crippen LogP contribution in [0.4, 0.5) is 0 Å². The molecule has 7 heteroatoms. The van der Waals surface area contributed by atoms with E-state index in [1.54, 1.807) is 6.07 Å². The summed E-state index contributed by atoms with van der Waals surface area (Å²) in [5.74, 6) is -0.277. The molecule has 0 spiro atoms. The van der Waals surface area contributed by atoms with Crippen LogP contribution in [-0.2, 0) is 10.0 Å². The van der Waals surface area contributed by atoms with Gasteiger partial charge in [0, 0.05) is 25.2 Å². The lowest BCUT2D eigenvalue weighted by Gasteiger charge is -2.17. The van der Waals surface area contributed by atoms with Gasteiger partial charge in [0.2, 0.25) is 10.0 Å². The van der Waals surface area contributed by atoms with Gasteiger partial charge in [0.15, 0.2) is 0 Å². The molecule has 1 aliphatic heterocycles. The number of carbonyl (C=O) groups is 1. The molecule has 25 heavy (non-hydrogen) atoms. The van der Waals surface area contributed by atoms with E-state index in [4.69, 9.17) is 11.6 Å². The fraction of sp³-hybridized carbons (Fsp3) is 0.500. The second-order valence-corrected chi connectivity index (χ2v) is 8.86. The lowest BCUT2D eigenvalue weighted by Crippen LogP contribution is -2.29. The summed E-state index contributed by atoms with van der Waals surface area (Å²) in [6, 6.07) is 4.44. The van der Waals surface area contributed by atoms with Gasteiger partial charge >= 0.3 is 0 Å². The predicted octanol–water partition coefficient (Wildman–Crippen LogP) is 3.35. The number of carbonyl (C=O) groups excluding carboxylic acids is 1. The highest BCUT2D eigenvalue weighted by molar-refractivity contribution is 7.89. The maximum Gasteiger partial charge on any atom is 0.251 e. The average molecular weight is 383 g/mol. The summed E-state index contributed by atoms with van der Waals surface area (Å²) in [5, 5.41) is 3.03. The van der Waals surface area contributed by atoms with Crippen molar-refractivity contribution in [2.45, 2.75) is 43.4 Å². The Kier molecular flexibility index (Phi) is 5.81. The molecular formula is C18H23ClN2O3S. The quantitative estimate of drug-likeness (QED) is 0.794. The van der Waals surface area contributed by atoms with Crippen molar-refractivity contribution in [1.29, 1.82) is 0 Å². The molecule has 1 amide bonds. The minimum Gasteiger partial charge on any atom is -0.348 e. The van der Waals surface area contributed by atoms with Crippen molar-refractivity contribution in [3.05, 3.63) is 40.4 Å². The summed E-state index contributed by atoms with van der Waals surface area (Å²) in [6.45, 7) is 1.52. The Balaban J connectivity index is 1.76. The Bertz CT molecular complexity index is 784. The van der Waals surface area contributed by atoms with Crippen LogP contribution >= 0.6 is 11.6 Å². The van der Waals surface area contributed by atoms with Gasteiger partial charge in [-0.2, -0.15) is 4.31 Å². The normalized spacial score (nSPS) is 18.8. The van der Waals surface area contributed by atoms with Gasteiger partial charge in [-0.15, -0.1) is 0 Å². The first kappa shape index (κ1) is 18.4. The summed E-state index contributed by atoms with van der Waals surface area (Å²) < 4.78 is 26.9. The van der Waals surface area contributed by atoms with Crippen molar-refractivity contribution in [3.63, 3.8) is 0 Å². The lowest BCUT2D eigenvalue weighted by molar-refractivity contribution is 0.0956. The lowest BCUT2D eigenvalue weighted by atomic mass is 9.99. The number of sulfonamides is 1. The summed E-state index contributed by atoms with van der Waals surface area (Å²) in [6.07, 6.45) is 8.31. The third-order valence-electron chi connectivity index (χ3n) is 4.74. The molecule has 2 aliphatic rings. The maximum absolute atomic E-state index is 12.7. The maximum atomic E-state index is 12.7. The molecule has 1 aromatic carbocycles. The molecule has 1 heterocycles. The molecule has 0 unspecified atom stereocenters. The van der Waals surface area contributed by atoms with Gasteiger partial charge in [-0.25, -0.2) is 8.42 Å². The van der Waals surface area contributed by atoms with Crippen molar-refractivity contribution in [1.82, 2.24) is 9.62 Å². The van der Waals surface area contributed by atoms with E-state index < -0.39 is 10.0 Å². The molecule has 1 aromatic rings. The van der Waals surface area contributed by atoms with Crippen molar-refractivity contribution < 1.29 is 13.2 Å². The first-order valence-electron chi connectivity index (χ1n) is 8.74. The van der Waals surface area contributed by atoms with Crippen LogP contribution in [0.1, 0.15) is 48.9 Å². The van der Waals surface area contributed by atoms with Crippen LogP contribution in [0.3, 0.4) is 0 Å². The molecule has 3 rings (SSSR count). The summed E-state index contributed by atoms with van der Waals surface area (Å²) >= 11 is 6.12. The number of nitrogens with one attached hydrogen (secondary N) is 1. The van der Waals surface area contributed by atoms with Gasteiger partial charge < -0.3 is 5.32 Å². The van der Waals surface area contributed by atoms with Gasteiger partial charge in [0.25, 0.3) is 5.91 Å². The van der Waals surface area contributed by atoms with Crippen molar-refractivity contribution in [2.24, 2.45) is 0 Å². The van der Waals surface area contributed by atoms with E-state index in [0.717, 1.165) is 32.1 Å². The SMILES string of the molecule is O=C(NCC1=CCCCC1)c1ccc(Cl)c(S(=O)(=O)N2CCCC2)c1. The predicted molar refractivity (Wildman–Crippen MR) is 98.3 cm³/mol. The van der Waals surface area contributed by atoms with E-state index in [0.29, 0.717) is 25.2 Å². The Hall–Kier alpha value is -1.37. The van der Waals surface area contributed by atoms with E-state index in [1.807, 2.05) is 0 Å². The molecular weight excluding hydrogens is 360 g/mol. The molecule has 0 atom stereocenters. The molecule has 1 aliphatic carbocycles. The van der Waals surface area contributed by atoms with Crippen LogP contribution in [0, 0.1) is 0 Å². The van der Waals surface area contributed by atoms with Crippen LogP contribution in [-0.4, -0.2) is 38.3 Å². The largest absolute Gasteiger partial charge is 0.348 e. The van der Waals surface area contributed by atoms with Gasteiger partial charge in [-0.3, -0.25) is 4.79 Å². The summed E-state index contributed by atoms with van der Waals surface area (Å²) in [7, 11) is -3.65. The first-order chi connectivity index (χ1) is 12.0. The molecule has 0 radical (unpaired) electrons. The molecule has 1 fully saturated rings. The highest BCUT2D eigenvalue weighted by Gasteiger charge is 2.29. The van der Waals surface area contributed by atoms with Gasteiger partial charge in [-0.05, 0) is 56.7 Å². The average Bonchev–Trinajstić information content (AvgIpc) is 3.16. The van der Waals surface area contributed by atoms with Gasteiger partial charge in [-0.1, -0.05) is 23.3 Å². The van der Waals surface area contributed by atoms with E-state index in [9.17, 15) is 13.2 Å². The fourth-order valence-electron chi connectivity index (χ4n) is 3.27. The number of halogens is 1. The number of rotatable bonds is 5. The number of hydrogen-bond acceptors (Lipinski definition) is 3. The van der Waals surface area contributed by atoms with Crippen molar-refractivity contribution in [2.75, 3.05) is 19.6 Å². The summed E-state index contributed by atoms with van der Waals surface area (Å²) in [5.41, 5.74) is 1.55. The van der Waals surface area contributed by atoms with Crippen LogP contribution in [0.25, 0.3) is 0 Å². The van der Waals surface area contributed by atoms with Crippen LogP contribution in [0.15, 0.2) is 34.7 Å². The smallest absolute Gasteiger partial charge is 0.251 e. The minimum atomic E-state index is -3.65. The highest BCUT2D eigenvalue weighted by Crippen LogP contribution is 2.28. The minimum absolute atomic E-state index is 0.0144. The Morgan fingerprint density at radius 3 is 2.60 bits per heavy atom. The van der Waals surface area contributed by atoms with Crippen molar-refractivity contribution >= 4 is 27.5 Å². The van der Waals surface area contributed by atoms with Gasteiger partial charge in [0.05, 0.1) is 5.02 Å². The second kappa shape index (κ2) is 7.89. The van der Waals surface area contributed by atoms with Crippen LogP contribution < -0.4 is 5.32 Å². The number of hydrogen-bond donors (Lipinski definition) is 1. The first-order valence-corrected chi connectivity index (χ1v) is 10.6. The third-order valence-corrected chi connectivity index (χ3v) is 7.12. The summed E-state index contributed by atoms with van der Waals surface area (Å²) in [4.78, 5) is 12.4. The zero-order valence-electron chi connectivity index (χ0n) is 14.1. The number of nitrogens with zero attached hydrogens (tertiary/aromatic N) is 1. The van der Waals surface area contributed by atoms with E-state index in [-0.39, 0.29) is 15.8 Å². The molecule has 136 valence electrons. The van der Waals surface area contributed by atoms with Gasteiger partial charge in [0.1, 0.15) is 4.90 Å². The number of benzene rings is 1. The Labute approximate surface area is 154 Å². The zero-order valence-corrected chi connectivity index (χ0v) is 15.7. The molecule has 5 nitrogen and oxygen atoms in total. The highest BCUT2D eigenvalue weighted by atomic mass is 35.5. The Morgan fingerprint density at radius 2 is 1.92 bits per heavy atom. The van der Waals surface area contributed by atoms with E-state index in [1.165, 1.54) is 28.4 Å². The van der Waals surface area contributed by atoms with Crippen LogP contribution in [0.2, 0.25) is 5.02 Å². The third kappa shape index (κ3) is 4.25. The van der Waals surface area contributed by atoms with E-state index >= 15 is 0 Å².